The van der Waals surface area contributed by atoms with Gasteiger partial charge in [-0.3, -0.25) is 9.59 Å². The van der Waals surface area contributed by atoms with Gasteiger partial charge in [-0.25, -0.2) is 8.42 Å². The van der Waals surface area contributed by atoms with Gasteiger partial charge in [0.25, 0.3) is 10.0 Å². The Bertz CT molecular complexity index is 628. The van der Waals surface area contributed by atoms with E-state index in [1.165, 1.54) is 25.3 Å². The van der Waals surface area contributed by atoms with Crippen LogP contribution in [-0.2, 0) is 19.6 Å². The van der Waals surface area contributed by atoms with E-state index in [0.717, 1.165) is 15.6 Å². The van der Waals surface area contributed by atoms with Crippen LogP contribution in [0.1, 0.15) is 13.8 Å². The summed E-state index contributed by atoms with van der Waals surface area (Å²) >= 11 is 6.74. The zero-order valence-electron chi connectivity index (χ0n) is 11.4. The number of carboxylic acid groups (broad SMARTS) is 1. The number of carbonyl (C=O) groups is 2. The maximum absolute atomic E-state index is 12.5. The van der Waals surface area contributed by atoms with Gasteiger partial charge >= 0.3 is 5.97 Å². The van der Waals surface area contributed by atoms with Crippen molar-refractivity contribution in [3.63, 3.8) is 0 Å². The maximum atomic E-state index is 12.5. The molecule has 0 spiro atoms. The molecule has 1 atom stereocenters. The second kappa shape index (κ2) is 7.21. The summed E-state index contributed by atoms with van der Waals surface area (Å²) in [5, 5.41) is 13.1. The molecule has 0 saturated heterocycles. The summed E-state index contributed by atoms with van der Waals surface area (Å²) in [5.74, 6) is -1.61. The first-order chi connectivity index (χ1) is 9.67. The molecule has 7 nitrogen and oxygen atoms in total. The minimum atomic E-state index is -4.04. The summed E-state index contributed by atoms with van der Waals surface area (Å²) < 4.78 is 25.7. The van der Waals surface area contributed by atoms with Gasteiger partial charge in [-0.15, -0.1) is 11.3 Å². The fourth-order valence-electron chi connectivity index (χ4n) is 1.56. The summed E-state index contributed by atoms with van der Waals surface area (Å²) in [6.07, 6.45) is 0. The molecule has 0 radical (unpaired) electrons. The van der Waals surface area contributed by atoms with Crippen molar-refractivity contribution < 1.29 is 23.1 Å². The predicted molar refractivity (Wildman–Crippen MR) is 79.0 cm³/mol. The first-order valence-corrected chi connectivity index (χ1v) is 8.59. The van der Waals surface area contributed by atoms with Crippen LogP contribution in [0.25, 0.3) is 0 Å². The standard InChI is InChI=1S/C11H15ClN2O5S2/c1-7(10(16)17)14(5-4-13-8(2)15)21(18,19)11-9(12)3-6-20-11/h3,6-7H,4-5H2,1-2H3,(H,13,15)(H,16,17). The third-order valence-corrected chi connectivity index (χ3v) is 6.59. The van der Waals surface area contributed by atoms with Crippen LogP contribution >= 0.6 is 22.9 Å². The van der Waals surface area contributed by atoms with Gasteiger partial charge in [-0.2, -0.15) is 4.31 Å². The molecule has 1 aromatic rings. The fraction of sp³-hybridized carbons (Fsp3) is 0.455. The van der Waals surface area contributed by atoms with Gasteiger partial charge in [0.05, 0.1) is 5.02 Å². The average molecular weight is 355 g/mol. The molecule has 118 valence electrons. The third-order valence-electron chi connectivity index (χ3n) is 2.62. The zero-order valence-corrected chi connectivity index (χ0v) is 13.8. The lowest BCUT2D eigenvalue weighted by Gasteiger charge is -2.25. The van der Waals surface area contributed by atoms with Gasteiger partial charge < -0.3 is 10.4 Å². The van der Waals surface area contributed by atoms with Gasteiger partial charge in [0.2, 0.25) is 5.91 Å². The smallest absolute Gasteiger partial charge is 0.321 e. The van der Waals surface area contributed by atoms with E-state index in [9.17, 15) is 18.0 Å². The number of nitrogens with one attached hydrogen (secondary N) is 1. The van der Waals surface area contributed by atoms with Crippen molar-refractivity contribution in [1.29, 1.82) is 0 Å². The minimum absolute atomic E-state index is 0.00910. The number of amides is 1. The molecule has 1 amide bonds. The summed E-state index contributed by atoms with van der Waals surface area (Å²) in [7, 11) is -4.04. The van der Waals surface area contributed by atoms with Crippen molar-refractivity contribution in [3.05, 3.63) is 16.5 Å². The van der Waals surface area contributed by atoms with Gasteiger partial charge in [-0.1, -0.05) is 11.6 Å². The minimum Gasteiger partial charge on any atom is -0.480 e. The van der Waals surface area contributed by atoms with Crippen LogP contribution in [0, 0.1) is 0 Å². The highest BCUT2D eigenvalue weighted by molar-refractivity contribution is 7.91. The van der Waals surface area contributed by atoms with Crippen molar-refractivity contribution >= 4 is 44.8 Å². The summed E-state index contributed by atoms with van der Waals surface area (Å²) in [4.78, 5) is 22.0. The Balaban J connectivity index is 3.08. The first-order valence-electron chi connectivity index (χ1n) is 5.90. The number of sulfonamides is 1. The third kappa shape index (κ3) is 4.40. The molecule has 0 fully saturated rings. The average Bonchev–Trinajstić information content (AvgIpc) is 2.80. The molecule has 1 aromatic heterocycles. The number of carbonyl (C=O) groups excluding carboxylic acids is 1. The normalized spacial score (nSPS) is 13.1. The van der Waals surface area contributed by atoms with Gasteiger partial charge in [-0.05, 0) is 18.4 Å². The van der Waals surface area contributed by atoms with Crippen molar-refractivity contribution in [2.75, 3.05) is 13.1 Å². The topological polar surface area (TPSA) is 104 Å². The number of hydrogen-bond donors (Lipinski definition) is 2. The molecule has 0 saturated carbocycles. The largest absolute Gasteiger partial charge is 0.480 e. The van der Waals surface area contributed by atoms with Crippen LogP contribution in [0.5, 0.6) is 0 Å². The molecule has 0 aliphatic heterocycles. The number of halogens is 1. The molecule has 0 aliphatic carbocycles. The second-order valence-corrected chi connectivity index (χ2v) is 7.58. The Morgan fingerprint density at radius 1 is 1.52 bits per heavy atom. The Morgan fingerprint density at radius 2 is 2.14 bits per heavy atom. The van der Waals surface area contributed by atoms with Crippen LogP contribution in [-0.4, -0.2) is 48.8 Å². The van der Waals surface area contributed by atoms with E-state index in [1.807, 2.05) is 0 Å². The SMILES string of the molecule is CC(=O)NCCN(C(C)C(=O)O)S(=O)(=O)c1sccc1Cl. The second-order valence-electron chi connectivity index (χ2n) is 4.17. The predicted octanol–water partition coefficient (Wildman–Crippen LogP) is 1.00. The van der Waals surface area contributed by atoms with Gasteiger partial charge in [0.15, 0.2) is 4.21 Å². The lowest BCUT2D eigenvalue weighted by atomic mass is 10.3. The molecule has 21 heavy (non-hydrogen) atoms. The first kappa shape index (κ1) is 17.9. The molecule has 0 aliphatic rings. The molecule has 10 heteroatoms. The van der Waals surface area contributed by atoms with E-state index in [2.05, 4.69) is 5.32 Å². The van der Waals surface area contributed by atoms with Crippen molar-refractivity contribution in [2.24, 2.45) is 0 Å². The van der Waals surface area contributed by atoms with Gasteiger partial charge in [0, 0.05) is 20.0 Å². The van der Waals surface area contributed by atoms with E-state index < -0.39 is 22.0 Å². The lowest BCUT2D eigenvalue weighted by Crippen LogP contribution is -2.46. The highest BCUT2D eigenvalue weighted by Crippen LogP contribution is 2.30. The zero-order chi connectivity index (χ0) is 16.2. The van der Waals surface area contributed by atoms with Crippen molar-refractivity contribution in [1.82, 2.24) is 9.62 Å². The molecule has 1 heterocycles. The Hall–Kier alpha value is -1.16. The lowest BCUT2D eigenvalue weighted by molar-refractivity contribution is -0.140. The summed E-state index contributed by atoms with van der Waals surface area (Å²) in [6, 6.07) is 0.151. The molecule has 2 N–H and O–H groups in total. The number of thiophene rings is 1. The number of carboxylic acids is 1. The Morgan fingerprint density at radius 3 is 2.57 bits per heavy atom. The Labute approximate surface area is 131 Å². The van der Waals surface area contributed by atoms with E-state index in [-0.39, 0.29) is 28.2 Å². The monoisotopic (exact) mass is 354 g/mol. The molecular weight excluding hydrogens is 340 g/mol. The van der Waals surface area contributed by atoms with Crippen molar-refractivity contribution in [3.8, 4) is 0 Å². The fourth-order valence-corrected chi connectivity index (χ4v) is 4.94. The van der Waals surface area contributed by atoms with E-state index in [1.54, 1.807) is 0 Å². The van der Waals surface area contributed by atoms with Gasteiger partial charge in [0.1, 0.15) is 6.04 Å². The van der Waals surface area contributed by atoms with Crippen LogP contribution in [0.2, 0.25) is 5.02 Å². The highest BCUT2D eigenvalue weighted by Gasteiger charge is 2.34. The van der Waals surface area contributed by atoms with E-state index in [4.69, 9.17) is 16.7 Å². The Kier molecular flexibility index (Phi) is 6.14. The number of nitrogens with zero attached hydrogens (tertiary/aromatic N) is 1. The quantitative estimate of drug-likeness (QED) is 0.760. The maximum Gasteiger partial charge on any atom is 0.321 e. The summed E-state index contributed by atoms with van der Waals surface area (Å²) in [6.45, 7) is 2.39. The highest BCUT2D eigenvalue weighted by atomic mass is 35.5. The summed E-state index contributed by atoms with van der Waals surface area (Å²) in [5.41, 5.74) is 0. The molecule has 0 bridgehead atoms. The van der Waals surface area contributed by atoms with Crippen LogP contribution in [0.15, 0.2) is 15.7 Å². The number of aliphatic carboxylic acids is 1. The van der Waals surface area contributed by atoms with E-state index >= 15 is 0 Å². The number of hydrogen-bond acceptors (Lipinski definition) is 5. The van der Waals surface area contributed by atoms with Crippen molar-refractivity contribution in [2.45, 2.75) is 24.1 Å². The number of rotatable bonds is 7. The molecule has 0 aromatic carbocycles. The van der Waals surface area contributed by atoms with Crippen LogP contribution in [0.3, 0.4) is 0 Å². The molecular formula is C11H15ClN2O5S2. The van der Waals surface area contributed by atoms with Crippen LogP contribution in [0.4, 0.5) is 0 Å². The molecule has 1 rings (SSSR count). The molecule has 1 unspecified atom stereocenters. The van der Waals surface area contributed by atoms with Crippen LogP contribution < -0.4 is 5.32 Å². The van der Waals surface area contributed by atoms with E-state index in [0.29, 0.717) is 0 Å².